The molecule has 152 valence electrons. The first-order valence-electron chi connectivity index (χ1n) is 9.34. The van der Waals surface area contributed by atoms with Crippen LogP contribution in [0.4, 0.5) is 5.69 Å². The Morgan fingerprint density at radius 2 is 1.57 bits per heavy atom. The van der Waals surface area contributed by atoms with Crippen LogP contribution in [0.25, 0.3) is 0 Å². The Hall–Kier alpha value is -2.38. The third kappa shape index (κ3) is 6.65. The molecular weight excluding hydrogens is 376 g/mol. The standard InChI is InChI=1S/C21H28N2O4S/c1-15(2)13-14-27-19-9-5-17(6-10-19)21(24)22-18-7-11-20(12-8-18)28(25,26)23-16(3)4/h5-12,15-16,23H,13-14H2,1-4H3,(H,22,24). The predicted molar refractivity (Wildman–Crippen MR) is 111 cm³/mol. The molecule has 2 rings (SSSR count). The maximum absolute atomic E-state index is 12.4. The summed E-state index contributed by atoms with van der Waals surface area (Å²) < 4.78 is 32.4. The molecule has 6 nitrogen and oxygen atoms in total. The number of rotatable bonds is 9. The van der Waals surface area contributed by atoms with Gasteiger partial charge in [-0.1, -0.05) is 13.8 Å². The summed E-state index contributed by atoms with van der Waals surface area (Å²) in [5, 5.41) is 2.76. The molecule has 1 amide bonds. The van der Waals surface area contributed by atoms with Gasteiger partial charge in [0.2, 0.25) is 10.0 Å². The van der Waals surface area contributed by atoms with Gasteiger partial charge in [-0.25, -0.2) is 13.1 Å². The minimum absolute atomic E-state index is 0.155. The Labute approximate surface area is 167 Å². The van der Waals surface area contributed by atoms with Crippen molar-refractivity contribution in [1.82, 2.24) is 4.72 Å². The SMILES string of the molecule is CC(C)CCOc1ccc(C(=O)Nc2ccc(S(=O)(=O)NC(C)C)cc2)cc1. The highest BCUT2D eigenvalue weighted by molar-refractivity contribution is 7.89. The topological polar surface area (TPSA) is 84.5 Å². The number of hydrogen-bond donors (Lipinski definition) is 2. The molecule has 2 aromatic carbocycles. The highest BCUT2D eigenvalue weighted by Crippen LogP contribution is 2.17. The smallest absolute Gasteiger partial charge is 0.255 e. The number of benzene rings is 2. The Morgan fingerprint density at radius 1 is 0.964 bits per heavy atom. The van der Waals surface area contributed by atoms with Gasteiger partial charge in [-0.15, -0.1) is 0 Å². The molecule has 0 aliphatic heterocycles. The van der Waals surface area contributed by atoms with Gasteiger partial charge in [0.1, 0.15) is 5.75 Å². The average Bonchev–Trinajstić information content (AvgIpc) is 2.61. The first-order valence-corrected chi connectivity index (χ1v) is 10.8. The van der Waals surface area contributed by atoms with Crippen molar-refractivity contribution < 1.29 is 17.9 Å². The van der Waals surface area contributed by atoms with Crippen molar-refractivity contribution in [3.05, 3.63) is 54.1 Å². The number of nitrogens with one attached hydrogen (secondary N) is 2. The molecule has 0 atom stereocenters. The van der Waals surface area contributed by atoms with Gasteiger partial charge in [-0.2, -0.15) is 0 Å². The maximum Gasteiger partial charge on any atom is 0.255 e. The van der Waals surface area contributed by atoms with E-state index in [1.807, 2.05) is 0 Å². The van der Waals surface area contributed by atoms with Crippen LogP contribution in [0, 0.1) is 5.92 Å². The molecule has 28 heavy (non-hydrogen) atoms. The second kappa shape index (κ2) is 9.71. The number of amides is 1. The molecule has 0 fully saturated rings. The van der Waals surface area contributed by atoms with Gasteiger partial charge < -0.3 is 10.1 Å². The van der Waals surface area contributed by atoms with Gasteiger partial charge in [-0.3, -0.25) is 4.79 Å². The summed E-state index contributed by atoms with van der Waals surface area (Å²) in [6.45, 7) is 8.43. The Kier molecular flexibility index (Phi) is 7.60. The van der Waals surface area contributed by atoms with Crippen molar-refractivity contribution in [2.75, 3.05) is 11.9 Å². The molecule has 2 aromatic rings. The summed E-state index contributed by atoms with van der Waals surface area (Å²) in [4.78, 5) is 12.5. The van der Waals surface area contributed by atoms with Gasteiger partial charge in [-0.05, 0) is 74.7 Å². The van der Waals surface area contributed by atoms with E-state index in [0.29, 0.717) is 23.8 Å². The summed E-state index contributed by atoms with van der Waals surface area (Å²) in [6.07, 6.45) is 0.973. The zero-order chi connectivity index (χ0) is 20.7. The van der Waals surface area contributed by atoms with E-state index in [1.54, 1.807) is 50.2 Å². The molecule has 0 radical (unpaired) electrons. The molecule has 0 saturated carbocycles. The van der Waals surface area contributed by atoms with E-state index in [1.165, 1.54) is 12.1 Å². The quantitative estimate of drug-likeness (QED) is 0.660. The molecule has 0 spiro atoms. The fourth-order valence-corrected chi connectivity index (χ4v) is 3.67. The van der Waals surface area contributed by atoms with Crippen molar-refractivity contribution in [3.8, 4) is 5.75 Å². The third-order valence-electron chi connectivity index (χ3n) is 3.89. The van der Waals surface area contributed by atoms with E-state index in [4.69, 9.17) is 4.74 Å². The van der Waals surface area contributed by atoms with Crippen molar-refractivity contribution in [1.29, 1.82) is 0 Å². The zero-order valence-corrected chi connectivity index (χ0v) is 17.5. The molecule has 7 heteroatoms. The second-order valence-electron chi connectivity index (χ2n) is 7.31. The van der Waals surface area contributed by atoms with Crippen LogP contribution in [0.5, 0.6) is 5.75 Å². The van der Waals surface area contributed by atoms with Crippen LogP contribution in [0.15, 0.2) is 53.4 Å². The number of ether oxygens (including phenoxy) is 1. The summed E-state index contributed by atoms with van der Waals surface area (Å²) >= 11 is 0. The van der Waals surface area contributed by atoms with Crippen LogP contribution < -0.4 is 14.8 Å². The van der Waals surface area contributed by atoms with Crippen molar-refractivity contribution in [2.45, 2.75) is 45.1 Å². The number of carbonyl (C=O) groups excluding carboxylic acids is 1. The van der Waals surface area contributed by atoms with Gasteiger partial charge in [0.25, 0.3) is 5.91 Å². The number of hydrogen-bond acceptors (Lipinski definition) is 4. The average molecular weight is 405 g/mol. The Morgan fingerprint density at radius 3 is 2.11 bits per heavy atom. The predicted octanol–water partition coefficient (Wildman–Crippen LogP) is 4.05. The lowest BCUT2D eigenvalue weighted by Crippen LogP contribution is -2.30. The van der Waals surface area contributed by atoms with E-state index in [9.17, 15) is 13.2 Å². The van der Waals surface area contributed by atoms with Gasteiger partial charge in [0.15, 0.2) is 0 Å². The minimum Gasteiger partial charge on any atom is -0.494 e. The highest BCUT2D eigenvalue weighted by atomic mass is 32.2. The van der Waals surface area contributed by atoms with Crippen LogP contribution in [0.1, 0.15) is 44.5 Å². The molecule has 0 bridgehead atoms. The first kappa shape index (κ1) is 21.9. The van der Waals surface area contributed by atoms with Crippen LogP contribution in [-0.4, -0.2) is 27.0 Å². The molecule has 2 N–H and O–H groups in total. The summed E-state index contributed by atoms with van der Waals surface area (Å²) in [7, 11) is -3.55. The normalized spacial score (nSPS) is 11.6. The minimum atomic E-state index is -3.55. The summed E-state index contributed by atoms with van der Waals surface area (Å²) in [6, 6.07) is 12.8. The van der Waals surface area contributed by atoms with E-state index in [0.717, 1.165) is 12.2 Å². The van der Waals surface area contributed by atoms with Crippen LogP contribution >= 0.6 is 0 Å². The summed E-state index contributed by atoms with van der Waals surface area (Å²) in [5.74, 6) is 1.03. The largest absolute Gasteiger partial charge is 0.494 e. The lowest BCUT2D eigenvalue weighted by atomic mass is 10.1. The number of carbonyl (C=O) groups is 1. The molecule has 0 aromatic heterocycles. The second-order valence-corrected chi connectivity index (χ2v) is 9.02. The lowest BCUT2D eigenvalue weighted by Gasteiger charge is -2.11. The Balaban J connectivity index is 1.97. The molecule has 0 heterocycles. The number of anilines is 1. The summed E-state index contributed by atoms with van der Waals surface area (Å²) in [5.41, 5.74) is 1.01. The van der Waals surface area contributed by atoms with Gasteiger partial charge in [0.05, 0.1) is 11.5 Å². The van der Waals surface area contributed by atoms with Crippen molar-refractivity contribution in [3.63, 3.8) is 0 Å². The van der Waals surface area contributed by atoms with E-state index in [2.05, 4.69) is 23.9 Å². The maximum atomic E-state index is 12.4. The van der Waals surface area contributed by atoms with Gasteiger partial charge in [0, 0.05) is 17.3 Å². The number of sulfonamides is 1. The fourth-order valence-electron chi connectivity index (χ4n) is 2.41. The molecule has 0 aliphatic rings. The highest BCUT2D eigenvalue weighted by Gasteiger charge is 2.15. The van der Waals surface area contributed by atoms with E-state index >= 15 is 0 Å². The first-order chi connectivity index (χ1) is 13.2. The Bertz CT molecular complexity index is 874. The van der Waals surface area contributed by atoms with Crippen molar-refractivity contribution >= 4 is 21.6 Å². The van der Waals surface area contributed by atoms with Crippen LogP contribution in [0.3, 0.4) is 0 Å². The third-order valence-corrected chi connectivity index (χ3v) is 5.57. The monoisotopic (exact) mass is 404 g/mol. The molecule has 0 saturated heterocycles. The zero-order valence-electron chi connectivity index (χ0n) is 16.7. The van der Waals surface area contributed by atoms with E-state index < -0.39 is 10.0 Å². The van der Waals surface area contributed by atoms with Crippen LogP contribution in [-0.2, 0) is 10.0 Å². The van der Waals surface area contributed by atoms with Crippen molar-refractivity contribution in [2.24, 2.45) is 5.92 Å². The lowest BCUT2D eigenvalue weighted by molar-refractivity contribution is 0.102. The fraction of sp³-hybridized carbons (Fsp3) is 0.381. The molecule has 0 aliphatic carbocycles. The van der Waals surface area contributed by atoms with Gasteiger partial charge >= 0.3 is 0 Å². The van der Waals surface area contributed by atoms with Crippen LogP contribution in [0.2, 0.25) is 0 Å². The molecular formula is C21H28N2O4S. The molecule has 0 unspecified atom stereocenters. The van der Waals surface area contributed by atoms with E-state index in [-0.39, 0.29) is 16.8 Å².